The summed E-state index contributed by atoms with van der Waals surface area (Å²) in [7, 11) is 0. The molecule has 31 heavy (non-hydrogen) atoms. The van der Waals surface area contributed by atoms with Crippen LogP contribution in [0.3, 0.4) is 0 Å². The van der Waals surface area contributed by atoms with Crippen molar-refractivity contribution in [3.8, 4) is 22.4 Å². The molecule has 0 aliphatic carbocycles. The van der Waals surface area contributed by atoms with Crippen LogP contribution in [0.25, 0.3) is 33.2 Å². The van der Waals surface area contributed by atoms with E-state index in [1.807, 2.05) is 30.3 Å². The van der Waals surface area contributed by atoms with Crippen molar-refractivity contribution in [1.29, 1.82) is 0 Å². The Balaban J connectivity index is 1.67. The summed E-state index contributed by atoms with van der Waals surface area (Å²) in [4.78, 5) is 13.8. The van der Waals surface area contributed by atoms with Crippen LogP contribution in [0.15, 0.2) is 103 Å². The maximum Gasteiger partial charge on any atom is 0.210 e. The number of aromatic nitrogens is 1. The van der Waals surface area contributed by atoms with E-state index < -0.39 is 0 Å². The minimum absolute atomic E-state index is 0.0779. The van der Waals surface area contributed by atoms with Crippen molar-refractivity contribution < 1.29 is 4.79 Å². The highest BCUT2D eigenvalue weighted by Gasteiger charge is 2.27. The fourth-order valence-corrected chi connectivity index (χ4v) is 4.86. The van der Waals surface area contributed by atoms with E-state index >= 15 is 0 Å². The van der Waals surface area contributed by atoms with Gasteiger partial charge in [0.2, 0.25) is 5.78 Å². The Bertz CT molecular complexity index is 1440. The molecule has 0 saturated carbocycles. The topological polar surface area (TPSA) is 22.0 Å². The number of ketones is 1. The number of hydrogen-bond acceptors (Lipinski definition) is 1. The quantitative estimate of drug-likeness (QED) is 0.307. The van der Waals surface area contributed by atoms with Gasteiger partial charge in [-0.2, -0.15) is 0 Å². The van der Waals surface area contributed by atoms with Crippen molar-refractivity contribution in [3.05, 3.63) is 120 Å². The standard InChI is InChI=1S/C29H21NO/c31-29(22-11-2-1-3-12-22)28-26(25-16-8-13-20-9-4-6-14-23(20)25)19-27-24-15-7-5-10-21(24)17-18-30(27)28/h1-16,19H,17-18H2. The minimum atomic E-state index is 0.0779. The number of hydrogen-bond donors (Lipinski definition) is 0. The average Bonchev–Trinajstić information content (AvgIpc) is 3.23. The smallest absolute Gasteiger partial charge is 0.210 e. The minimum Gasteiger partial charge on any atom is -0.337 e. The highest BCUT2D eigenvalue weighted by Crippen LogP contribution is 2.40. The van der Waals surface area contributed by atoms with Crippen LogP contribution in [-0.4, -0.2) is 10.4 Å². The number of carbonyl (C=O) groups is 1. The third-order valence-corrected chi connectivity index (χ3v) is 6.33. The monoisotopic (exact) mass is 399 g/mol. The van der Waals surface area contributed by atoms with Crippen molar-refractivity contribution in [2.75, 3.05) is 0 Å². The van der Waals surface area contributed by atoms with Crippen LogP contribution in [0.2, 0.25) is 0 Å². The maximum absolute atomic E-state index is 13.8. The van der Waals surface area contributed by atoms with Gasteiger partial charge in [0, 0.05) is 28.9 Å². The normalized spacial score (nSPS) is 12.4. The molecule has 0 saturated heterocycles. The van der Waals surface area contributed by atoms with Crippen LogP contribution >= 0.6 is 0 Å². The van der Waals surface area contributed by atoms with Gasteiger partial charge in [0.25, 0.3) is 0 Å². The number of benzene rings is 4. The molecule has 0 unspecified atom stereocenters. The first kappa shape index (κ1) is 17.9. The van der Waals surface area contributed by atoms with Crippen molar-refractivity contribution in [1.82, 2.24) is 4.57 Å². The molecule has 0 bridgehead atoms. The van der Waals surface area contributed by atoms with Gasteiger partial charge in [-0.25, -0.2) is 0 Å². The van der Waals surface area contributed by atoms with Gasteiger partial charge in [0.1, 0.15) is 0 Å². The predicted octanol–water partition coefficient (Wildman–Crippen LogP) is 6.76. The molecule has 2 heteroatoms. The third kappa shape index (κ3) is 2.83. The molecule has 0 spiro atoms. The van der Waals surface area contributed by atoms with Gasteiger partial charge < -0.3 is 4.57 Å². The summed E-state index contributed by atoms with van der Waals surface area (Å²) in [6, 6.07) is 35.1. The Hall–Kier alpha value is -3.91. The van der Waals surface area contributed by atoms with Crippen molar-refractivity contribution in [3.63, 3.8) is 0 Å². The van der Waals surface area contributed by atoms with E-state index in [0.29, 0.717) is 0 Å². The Kier molecular flexibility index (Phi) is 4.10. The molecule has 2 heterocycles. The number of carbonyl (C=O) groups excluding carboxylic acids is 1. The second-order valence-corrected chi connectivity index (χ2v) is 8.07. The van der Waals surface area contributed by atoms with E-state index in [2.05, 4.69) is 77.4 Å². The summed E-state index contributed by atoms with van der Waals surface area (Å²) in [5, 5.41) is 2.35. The fourth-order valence-electron chi connectivity index (χ4n) is 4.86. The Labute approximate surface area is 181 Å². The molecule has 0 N–H and O–H groups in total. The summed E-state index contributed by atoms with van der Waals surface area (Å²) < 4.78 is 2.23. The molecule has 4 aromatic carbocycles. The Morgan fingerprint density at radius 3 is 2.29 bits per heavy atom. The molecule has 0 amide bonds. The lowest BCUT2D eigenvalue weighted by atomic mass is 9.95. The summed E-state index contributed by atoms with van der Waals surface area (Å²) in [5.74, 6) is 0.0779. The fraction of sp³-hybridized carbons (Fsp3) is 0.0690. The molecule has 0 fully saturated rings. The second kappa shape index (κ2) is 7.10. The van der Waals surface area contributed by atoms with Crippen LogP contribution in [0.4, 0.5) is 0 Å². The number of nitrogens with zero attached hydrogens (tertiary/aromatic N) is 1. The third-order valence-electron chi connectivity index (χ3n) is 6.33. The van der Waals surface area contributed by atoms with Gasteiger partial charge in [-0.05, 0) is 34.4 Å². The molecule has 1 aromatic heterocycles. The van der Waals surface area contributed by atoms with E-state index in [-0.39, 0.29) is 5.78 Å². The second-order valence-electron chi connectivity index (χ2n) is 8.07. The predicted molar refractivity (Wildman–Crippen MR) is 126 cm³/mol. The number of rotatable bonds is 3. The first-order valence-electron chi connectivity index (χ1n) is 10.7. The first-order chi connectivity index (χ1) is 15.3. The van der Waals surface area contributed by atoms with Gasteiger partial charge in [0.05, 0.1) is 5.69 Å². The zero-order valence-corrected chi connectivity index (χ0v) is 17.1. The van der Waals surface area contributed by atoms with Gasteiger partial charge in [0.15, 0.2) is 0 Å². The first-order valence-corrected chi connectivity index (χ1v) is 10.7. The van der Waals surface area contributed by atoms with Crippen LogP contribution < -0.4 is 0 Å². The number of fused-ring (bicyclic) bond motifs is 4. The summed E-state index contributed by atoms with van der Waals surface area (Å²) in [6.07, 6.45) is 0.932. The molecule has 1 aliphatic heterocycles. The van der Waals surface area contributed by atoms with Crippen LogP contribution in [-0.2, 0) is 13.0 Å². The molecule has 0 atom stereocenters. The molecule has 1 aliphatic rings. The maximum atomic E-state index is 13.8. The Morgan fingerprint density at radius 2 is 1.39 bits per heavy atom. The molecular weight excluding hydrogens is 378 g/mol. The van der Waals surface area contributed by atoms with E-state index in [4.69, 9.17) is 0 Å². The van der Waals surface area contributed by atoms with Gasteiger partial charge in [-0.3, -0.25) is 4.79 Å². The number of aryl methyl sites for hydroxylation is 1. The lowest BCUT2D eigenvalue weighted by Gasteiger charge is -2.21. The average molecular weight is 399 g/mol. The van der Waals surface area contributed by atoms with Crippen LogP contribution in [0.5, 0.6) is 0 Å². The summed E-state index contributed by atoms with van der Waals surface area (Å²) in [6.45, 7) is 0.811. The van der Waals surface area contributed by atoms with E-state index in [0.717, 1.165) is 41.0 Å². The van der Waals surface area contributed by atoms with Crippen molar-refractivity contribution in [2.45, 2.75) is 13.0 Å². The lowest BCUT2D eigenvalue weighted by molar-refractivity contribution is 0.103. The zero-order valence-electron chi connectivity index (χ0n) is 17.1. The van der Waals surface area contributed by atoms with Crippen molar-refractivity contribution in [2.24, 2.45) is 0 Å². The molecule has 148 valence electrons. The molecule has 6 rings (SSSR count). The molecule has 5 aromatic rings. The van der Waals surface area contributed by atoms with E-state index in [1.165, 1.54) is 21.9 Å². The molecule has 2 nitrogen and oxygen atoms in total. The highest BCUT2D eigenvalue weighted by atomic mass is 16.1. The highest BCUT2D eigenvalue weighted by molar-refractivity contribution is 6.14. The molecular formula is C29H21NO. The van der Waals surface area contributed by atoms with Gasteiger partial charge in [-0.1, -0.05) is 97.1 Å². The molecule has 0 radical (unpaired) electrons. The lowest BCUT2D eigenvalue weighted by Crippen LogP contribution is -2.17. The SMILES string of the molecule is O=C(c1ccccc1)c1c(-c2cccc3ccccc23)cc2n1CCc1ccccc1-2. The van der Waals surface area contributed by atoms with Crippen LogP contribution in [0.1, 0.15) is 21.6 Å². The van der Waals surface area contributed by atoms with E-state index in [1.54, 1.807) is 0 Å². The van der Waals surface area contributed by atoms with Gasteiger partial charge >= 0.3 is 0 Å². The van der Waals surface area contributed by atoms with Gasteiger partial charge in [-0.15, -0.1) is 0 Å². The Morgan fingerprint density at radius 1 is 0.677 bits per heavy atom. The summed E-state index contributed by atoms with van der Waals surface area (Å²) >= 11 is 0. The zero-order chi connectivity index (χ0) is 20.8. The summed E-state index contributed by atoms with van der Waals surface area (Å²) in [5.41, 5.74) is 7.33. The van der Waals surface area contributed by atoms with Crippen LogP contribution in [0, 0.1) is 0 Å². The largest absolute Gasteiger partial charge is 0.337 e. The van der Waals surface area contributed by atoms with Crippen molar-refractivity contribution >= 4 is 16.6 Å². The van der Waals surface area contributed by atoms with E-state index in [9.17, 15) is 4.79 Å².